The van der Waals surface area contributed by atoms with Crippen molar-refractivity contribution < 1.29 is 0 Å². The molecule has 2 aromatic heterocycles. The molecule has 12 aromatic rings. The summed E-state index contributed by atoms with van der Waals surface area (Å²) in [5.74, 6) is 0. The number of nitrogens with zero attached hydrogens (tertiary/aromatic N) is 2. The molecule has 0 spiro atoms. The molecular weight excluding hydrogens is 816 g/mol. The summed E-state index contributed by atoms with van der Waals surface area (Å²) < 4.78 is 5.45. The van der Waals surface area contributed by atoms with E-state index in [9.17, 15) is 0 Å². The quantitative estimate of drug-likeness (QED) is 0.127. The first-order valence-electron chi connectivity index (χ1n) is 23.5. The van der Waals surface area contributed by atoms with E-state index in [0.717, 1.165) is 0 Å². The van der Waals surface area contributed by atoms with Gasteiger partial charge in [0.15, 0.2) is 0 Å². The molecule has 0 atom stereocenters. The molecule has 0 N–H and O–H groups in total. The molecule has 10 aromatic carbocycles. The number of benzene rings is 10. The van der Waals surface area contributed by atoms with E-state index in [1.54, 1.807) is 0 Å². The van der Waals surface area contributed by atoms with Gasteiger partial charge in [-0.1, -0.05) is 175 Å². The van der Waals surface area contributed by atoms with E-state index in [1.165, 1.54) is 136 Å². The summed E-state index contributed by atoms with van der Waals surface area (Å²) in [5, 5.41) is 11.8. The predicted octanol–water partition coefficient (Wildman–Crippen LogP) is 16.3. The minimum absolute atomic E-state index is 0.0204. The van der Waals surface area contributed by atoms with Crippen molar-refractivity contribution in [2.24, 2.45) is 0 Å². The number of rotatable bonds is 3. The summed E-state index contributed by atoms with van der Waals surface area (Å²) >= 11 is 1.97. The summed E-state index contributed by atoms with van der Waals surface area (Å²) in [6.45, 7) is 13.9. The van der Waals surface area contributed by atoms with Crippen LogP contribution in [-0.4, -0.2) is 11.3 Å². The number of anilines is 3. The first-order valence-corrected chi connectivity index (χ1v) is 24.3. The Balaban J connectivity index is 1.21. The number of aromatic nitrogens is 1. The van der Waals surface area contributed by atoms with E-state index < -0.39 is 0 Å². The zero-order valence-corrected chi connectivity index (χ0v) is 38.9. The average Bonchev–Trinajstić information content (AvgIpc) is 3.88. The lowest BCUT2D eigenvalue weighted by molar-refractivity contribution is 0.590. The summed E-state index contributed by atoms with van der Waals surface area (Å²) in [7, 11) is 0. The lowest BCUT2D eigenvalue weighted by Gasteiger charge is -2.41. The van der Waals surface area contributed by atoms with Crippen LogP contribution in [-0.2, 0) is 10.8 Å². The van der Waals surface area contributed by atoms with E-state index in [0.29, 0.717) is 0 Å². The second-order valence-corrected chi connectivity index (χ2v) is 22.0. The molecule has 0 saturated heterocycles. The Kier molecular flexibility index (Phi) is 7.66. The SMILES string of the molecule is CC(C)(C)c1ccc(N2c3c(sc4ccccc34)B3c4c(c5ccc6cc(C(C)(C)C)cc7ccc(c42)c5c67)-c2cc(-c4ccccc4)cc4c5cc(-c6ccccc6)ccc5n3c24)cc1. The van der Waals surface area contributed by atoms with Crippen LogP contribution in [0.25, 0.3) is 97.6 Å². The molecule has 0 amide bonds. The van der Waals surface area contributed by atoms with Gasteiger partial charge in [-0.2, -0.15) is 0 Å². The highest BCUT2D eigenvalue weighted by molar-refractivity contribution is 7.32. The van der Waals surface area contributed by atoms with E-state index >= 15 is 0 Å². The maximum absolute atomic E-state index is 2.75. The highest BCUT2D eigenvalue weighted by Crippen LogP contribution is 2.55. The predicted molar refractivity (Wildman–Crippen MR) is 287 cm³/mol. The van der Waals surface area contributed by atoms with Crippen LogP contribution in [0.2, 0.25) is 0 Å². The Morgan fingerprint density at radius 1 is 0.455 bits per heavy atom. The molecular formula is C62H47BN2S. The van der Waals surface area contributed by atoms with E-state index in [-0.39, 0.29) is 17.7 Å². The molecule has 0 unspecified atom stereocenters. The van der Waals surface area contributed by atoms with Crippen LogP contribution in [0.4, 0.5) is 17.1 Å². The van der Waals surface area contributed by atoms with Gasteiger partial charge in [0, 0.05) is 58.7 Å². The van der Waals surface area contributed by atoms with Crippen molar-refractivity contribution in [3.05, 3.63) is 187 Å². The fraction of sp³-hybridized carbons (Fsp3) is 0.129. The molecule has 314 valence electrons. The molecule has 0 bridgehead atoms. The first-order chi connectivity index (χ1) is 32.0. The van der Waals surface area contributed by atoms with E-state index in [4.69, 9.17) is 0 Å². The van der Waals surface area contributed by atoms with Crippen LogP contribution in [0.1, 0.15) is 52.7 Å². The third-order valence-electron chi connectivity index (χ3n) is 15.0. The fourth-order valence-corrected chi connectivity index (χ4v) is 13.1. The van der Waals surface area contributed by atoms with Crippen molar-refractivity contribution in [2.75, 3.05) is 4.90 Å². The van der Waals surface area contributed by atoms with Crippen molar-refractivity contribution in [1.29, 1.82) is 0 Å². The second-order valence-electron chi connectivity index (χ2n) is 20.9. The molecule has 0 radical (unpaired) electrons. The van der Waals surface area contributed by atoms with Gasteiger partial charge < -0.3 is 9.38 Å². The minimum Gasteiger partial charge on any atom is -0.375 e. The third kappa shape index (κ3) is 5.19. The van der Waals surface area contributed by atoms with Gasteiger partial charge in [-0.25, -0.2) is 0 Å². The second kappa shape index (κ2) is 13.2. The molecule has 2 aliphatic heterocycles. The topological polar surface area (TPSA) is 8.17 Å². The van der Waals surface area contributed by atoms with Crippen LogP contribution in [0.15, 0.2) is 176 Å². The number of fused-ring (bicyclic) bond motifs is 11. The molecule has 0 saturated carbocycles. The van der Waals surface area contributed by atoms with E-state index in [1.807, 2.05) is 11.3 Å². The maximum Gasteiger partial charge on any atom is 0.343 e. The van der Waals surface area contributed by atoms with Crippen molar-refractivity contribution >= 4 is 110 Å². The molecule has 2 nitrogen and oxygen atoms in total. The smallest absolute Gasteiger partial charge is 0.343 e. The summed E-state index contributed by atoms with van der Waals surface area (Å²) in [5.41, 5.74) is 18.1. The monoisotopic (exact) mass is 862 g/mol. The normalized spacial score (nSPS) is 13.5. The molecule has 14 rings (SSSR count). The third-order valence-corrected chi connectivity index (χ3v) is 16.2. The fourth-order valence-electron chi connectivity index (χ4n) is 11.8. The standard InChI is InChI=1S/C62H47BN2S/c1-61(2,3)42-24-26-44(27-25-42)64-58-47-29-22-40-32-43(62(4,5)6)31-39-21-28-46(54(47)53(39)40)55-50-35-41(37-17-11-8-12-18-37)34-49-48-33-38(36-15-9-7-10-16-36)23-30-51(48)65(57(49)50)63(56(55)58)60-59(64)45-19-13-14-20-52(45)66-60/h7-35H,1-6H3. The van der Waals surface area contributed by atoms with Gasteiger partial charge in [0.25, 0.3) is 0 Å². The van der Waals surface area contributed by atoms with Crippen LogP contribution in [0.5, 0.6) is 0 Å². The van der Waals surface area contributed by atoms with Crippen LogP contribution in [0.3, 0.4) is 0 Å². The van der Waals surface area contributed by atoms with Crippen molar-refractivity contribution in [1.82, 2.24) is 4.48 Å². The maximum atomic E-state index is 2.75. The van der Waals surface area contributed by atoms with Crippen molar-refractivity contribution in [3.8, 4) is 33.4 Å². The van der Waals surface area contributed by atoms with Crippen LogP contribution < -0.4 is 15.1 Å². The Morgan fingerprint density at radius 3 is 1.79 bits per heavy atom. The highest BCUT2D eigenvalue weighted by atomic mass is 32.1. The van der Waals surface area contributed by atoms with Gasteiger partial charge in [0.05, 0.1) is 11.4 Å². The van der Waals surface area contributed by atoms with Gasteiger partial charge in [-0.05, 0) is 119 Å². The molecule has 2 aliphatic rings. The first kappa shape index (κ1) is 38.2. The number of thiophene rings is 1. The summed E-state index contributed by atoms with van der Waals surface area (Å²) in [6.07, 6.45) is 0. The highest BCUT2D eigenvalue weighted by Gasteiger charge is 2.46. The Bertz CT molecular complexity index is 3980. The molecule has 4 heteroatoms. The Hall–Kier alpha value is -7.14. The molecule has 0 aliphatic carbocycles. The average molecular weight is 863 g/mol. The lowest BCUT2D eigenvalue weighted by Crippen LogP contribution is -2.55. The summed E-state index contributed by atoms with van der Waals surface area (Å²) in [6, 6.07) is 67.4. The Morgan fingerprint density at radius 2 is 1.09 bits per heavy atom. The zero-order chi connectivity index (χ0) is 44.4. The van der Waals surface area contributed by atoms with Gasteiger partial charge in [-0.15, -0.1) is 11.3 Å². The van der Waals surface area contributed by atoms with Gasteiger partial charge >= 0.3 is 6.85 Å². The van der Waals surface area contributed by atoms with Gasteiger partial charge in [0.1, 0.15) is 0 Å². The van der Waals surface area contributed by atoms with E-state index in [2.05, 4.69) is 227 Å². The lowest BCUT2D eigenvalue weighted by atomic mass is 9.47. The Labute approximate surface area is 389 Å². The molecule has 66 heavy (non-hydrogen) atoms. The molecule has 0 fully saturated rings. The number of hydrogen-bond acceptors (Lipinski definition) is 2. The minimum atomic E-state index is -0.0560. The van der Waals surface area contributed by atoms with Gasteiger partial charge in [-0.3, -0.25) is 0 Å². The molecule has 4 heterocycles. The van der Waals surface area contributed by atoms with Crippen LogP contribution in [0, 0.1) is 0 Å². The van der Waals surface area contributed by atoms with Crippen molar-refractivity contribution in [2.45, 2.75) is 52.4 Å². The summed E-state index contributed by atoms with van der Waals surface area (Å²) in [4.78, 5) is 2.67. The van der Waals surface area contributed by atoms with Crippen molar-refractivity contribution in [3.63, 3.8) is 0 Å². The largest absolute Gasteiger partial charge is 0.375 e. The number of hydrogen-bond donors (Lipinski definition) is 0. The van der Waals surface area contributed by atoms with Gasteiger partial charge in [0.2, 0.25) is 0 Å². The zero-order valence-electron chi connectivity index (χ0n) is 38.1. The van der Waals surface area contributed by atoms with Crippen LogP contribution >= 0.6 is 11.3 Å².